The highest BCUT2D eigenvalue weighted by molar-refractivity contribution is 5.13. The van der Waals surface area contributed by atoms with E-state index in [1.165, 1.54) is 5.56 Å². The van der Waals surface area contributed by atoms with Crippen molar-refractivity contribution < 1.29 is 9.47 Å². The summed E-state index contributed by atoms with van der Waals surface area (Å²) in [5.74, 6) is 0. The van der Waals surface area contributed by atoms with E-state index >= 15 is 0 Å². The van der Waals surface area contributed by atoms with Gasteiger partial charge in [-0.05, 0) is 30.9 Å². The Morgan fingerprint density at radius 1 is 1.00 bits per heavy atom. The minimum atomic E-state index is 0.711. The maximum Gasteiger partial charge on any atom is 0.0700 e. The van der Waals surface area contributed by atoms with Crippen LogP contribution in [-0.2, 0) is 15.9 Å². The summed E-state index contributed by atoms with van der Waals surface area (Å²) in [6.07, 6.45) is 3.22. The fraction of sp³-hybridized carbons (Fsp3) is 0.571. The Kier molecular flexibility index (Phi) is 7.74. The van der Waals surface area contributed by atoms with E-state index in [0.717, 1.165) is 32.5 Å². The van der Waals surface area contributed by atoms with Crippen LogP contribution in [0.5, 0.6) is 0 Å². The standard InChI is InChI=1S/C14H21O2/c1-2-10-15-12-13-16-11-6-9-14-7-4-3-5-8-14/h4-5,7-8H,2,6,9-13H2,1H3. The maximum absolute atomic E-state index is 5.47. The molecule has 2 nitrogen and oxygen atoms in total. The van der Waals surface area contributed by atoms with Crippen molar-refractivity contribution >= 4 is 0 Å². The summed E-state index contributed by atoms with van der Waals surface area (Å²) in [4.78, 5) is 0. The summed E-state index contributed by atoms with van der Waals surface area (Å²) in [5, 5.41) is 0. The number of hydrogen-bond acceptors (Lipinski definition) is 2. The van der Waals surface area contributed by atoms with Crippen LogP contribution in [0.1, 0.15) is 25.3 Å². The Labute approximate surface area is 98.6 Å². The molecule has 1 aromatic carbocycles. The minimum absolute atomic E-state index is 0.711. The Morgan fingerprint density at radius 3 is 2.38 bits per heavy atom. The van der Waals surface area contributed by atoms with Crippen molar-refractivity contribution in [1.29, 1.82) is 0 Å². The lowest BCUT2D eigenvalue weighted by Crippen LogP contribution is -2.06. The highest BCUT2D eigenvalue weighted by atomic mass is 16.5. The van der Waals surface area contributed by atoms with Crippen LogP contribution < -0.4 is 0 Å². The van der Waals surface area contributed by atoms with Gasteiger partial charge in [-0.25, -0.2) is 0 Å². The molecule has 0 saturated carbocycles. The molecule has 16 heavy (non-hydrogen) atoms. The Balaban J connectivity index is 1.89. The molecule has 0 aliphatic carbocycles. The van der Waals surface area contributed by atoms with Gasteiger partial charge in [0, 0.05) is 13.2 Å². The molecule has 0 amide bonds. The van der Waals surface area contributed by atoms with Crippen molar-refractivity contribution in [3.05, 3.63) is 35.9 Å². The van der Waals surface area contributed by atoms with E-state index < -0.39 is 0 Å². The van der Waals surface area contributed by atoms with Crippen LogP contribution >= 0.6 is 0 Å². The van der Waals surface area contributed by atoms with Crippen molar-refractivity contribution in [1.82, 2.24) is 0 Å². The van der Waals surface area contributed by atoms with Crippen LogP contribution in [0, 0.1) is 6.07 Å². The van der Waals surface area contributed by atoms with E-state index in [2.05, 4.69) is 25.1 Å². The number of rotatable bonds is 9. The maximum atomic E-state index is 5.47. The number of hydrogen-bond donors (Lipinski definition) is 0. The molecule has 0 N–H and O–H groups in total. The fourth-order valence-corrected chi connectivity index (χ4v) is 1.43. The van der Waals surface area contributed by atoms with Crippen molar-refractivity contribution in [2.24, 2.45) is 0 Å². The molecule has 0 saturated heterocycles. The predicted molar refractivity (Wildman–Crippen MR) is 65.5 cm³/mol. The summed E-state index contributed by atoms with van der Waals surface area (Å²) in [6, 6.07) is 11.1. The molecule has 0 aromatic heterocycles. The number of aryl methyl sites for hydroxylation is 1. The molecule has 0 aliphatic rings. The third-order valence-corrected chi connectivity index (χ3v) is 2.26. The van der Waals surface area contributed by atoms with Crippen LogP contribution in [-0.4, -0.2) is 26.4 Å². The van der Waals surface area contributed by atoms with Crippen molar-refractivity contribution in [3.63, 3.8) is 0 Å². The normalized spacial score (nSPS) is 10.6. The zero-order chi connectivity index (χ0) is 11.5. The predicted octanol–water partition coefficient (Wildman–Crippen LogP) is 2.86. The quantitative estimate of drug-likeness (QED) is 0.597. The lowest BCUT2D eigenvalue weighted by Gasteiger charge is -2.05. The molecule has 1 radical (unpaired) electrons. The molecule has 89 valence electrons. The van der Waals surface area contributed by atoms with Gasteiger partial charge < -0.3 is 9.47 Å². The molecule has 0 unspecified atom stereocenters. The molecular formula is C14H21O2. The van der Waals surface area contributed by atoms with Gasteiger partial charge >= 0.3 is 0 Å². The fourth-order valence-electron chi connectivity index (χ4n) is 1.43. The van der Waals surface area contributed by atoms with Crippen molar-refractivity contribution in [3.8, 4) is 0 Å². The van der Waals surface area contributed by atoms with Gasteiger partial charge in [-0.15, -0.1) is 0 Å². The second kappa shape index (κ2) is 9.37. The highest BCUT2D eigenvalue weighted by Gasteiger charge is 1.93. The number of ether oxygens (including phenoxy) is 2. The summed E-state index contributed by atoms with van der Waals surface area (Å²) < 4.78 is 10.8. The summed E-state index contributed by atoms with van der Waals surface area (Å²) in [6.45, 7) is 5.19. The molecule has 0 heterocycles. The van der Waals surface area contributed by atoms with E-state index in [0.29, 0.717) is 13.2 Å². The van der Waals surface area contributed by atoms with Crippen LogP contribution in [0.2, 0.25) is 0 Å². The monoisotopic (exact) mass is 221 g/mol. The first-order valence-electron chi connectivity index (χ1n) is 6.04. The van der Waals surface area contributed by atoms with E-state index in [-0.39, 0.29) is 0 Å². The van der Waals surface area contributed by atoms with Crippen LogP contribution in [0.25, 0.3) is 0 Å². The second-order valence-corrected chi connectivity index (χ2v) is 3.74. The third kappa shape index (κ3) is 6.59. The Bertz CT molecular complexity index is 246. The third-order valence-electron chi connectivity index (χ3n) is 2.26. The topological polar surface area (TPSA) is 18.5 Å². The summed E-state index contributed by atoms with van der Waals surface area (Å²) >= 11 is 0. The molecule has 0 atom stereocenters. The van der Waals surface area contributed by atoms with Gasteiger partial charge in [0.1, 0.15) is 0 Å². The smallest absolute Gasteiger partial charge is 0.0700 e. The lowest BCUT2D eigenvalue weighted by molar-refractivity contribution is 0.0472. The largest absolute Gasteiger partial charge is 0.379 e. The first kappa shape index (κ1) is 13.2. The molecule has 1 aromatic rings. The summed E-state index contributed by atoms with van der Waals surface area (Å²) in [7, 11) is 0. The van der Waals surface area contributed by atoms with Crippen LogP contribution in [0.4, 0.5) is 0 Å². The van der Waals surface area contributed by atoms with E-state index in [9.17, 15) is 0 Å². The van der Waals surface area contributed by atoms with Gasteiger partial charge in [-0.1, -0.05) is 31.2 Å². The van der Waals surface area contributed by atoms with Crippen LogP contribution in [0.15, 0.2) is 24.3 Å². The first-order valence-corrected chi connectivity index (χ1v) is 6.04. The average molecular weight is 221 g/mol. The number of benzene rings is 1. The average Bonchev–Trinajstić information content (AvgIpc) is 2.34. The van der Waals surface area contributed by atoms with Gasteiger partial charge in [-0.3, -0.25) is 0 Å². The Morgan fingerprint density at radius 2 is 1.69 bits per heavy atom. The van der Waals surface area contributed by atoms with Crippen LogP contribution in [0.3, 0.4) is 0 Å². The second-order valence-electron chi connectivity index (χ2n) is 3.74. The zero-order valence-corrected chi connectivity index (χ0v) is 10.1. The van der Waals surface area contributed by atoms with Gasteiger partial charge in [0.2, 0.25) is 0 Å². The van der Waals surface area contributed by atoms with Gasteiger partial charge in [0.15, 0.2) is 0 Å². The van der Waals surface area contributed by atoms with E-state index in [4.69, 9.17) is 9.47 Å². The molecule has 0 aliphatic heterocycles. The van der Waals surface area contributed by atoms with Gasteiger partial charge in [-0.2, -0.15) is 0 Å². The highest BCUT2D eigenvalue weighted by Crippen LogP contribution is 2.01. The van der Waals surface area contributed by atoms with Crippen molar-refractivity contribution in [2.45, 2.75) is 26.2 Å². The van der Waals surface area contributed by atoms with Gasteiger partial charge in [0.05, 0.1) is 13.2 Å². The molecular weight excluding hydrogens is 200 g/mol. The molecule has 0 bridgehead atoms. The zero-order valence-electron chi connectivity index (χ0n) is 10.1. The summed E-state index contributed by atoms with van der Waals surface area (Å²) in [5.41, 5.74) is 1.35. The van der Waals surface area contributed by atoms with E-state index in [1.807, 2.05) is 12.1 Å². The molecule has 1 rings (SSSR count). The first-order chi connectivity index (χ1) is 7.93. The lowest BCUT2D eigenvalue weighted by atomic mass is 10.1. The van der Waals surface area contributed by atoms with Crippen molar-refractivity contribution in [2.75, 3.05) is 26.4 Å². The Hall–Kier alpha value is -0.860. The SMILES string of the molecule is CCCOCCOCCCc1cc[c]cc1. The molecule has 2 heteroatoms. The molecule has 0 spiro atoms. The van der Waals surface area contributed by atoms with Gasteiger partial charge in [0.25, 0.3) is 0 Å². The molecule has 0 fully saturated rings. The van der Waals surface area contributed by atoms with E-state index in [1.54, 1.807) is 0 Å². The minimum Gasteiger partial charge on any atom is -0.379 e.